The molecular formula is C8H14N2OS. The van der Waals surface area contributed by atoms with E-state index < -0.39 is 0 Å². The van der Waals surface area contributed by atoms with Gasteiger partial charge in [-0.15, -0.1) is 0 Å². The van der Waals surface area contributed by atoms with Gasteiger partial charge in [0, 0.05) is 5.25 Å². The molecule has 0 radical (unpaired) electrons. The second kappa shape index (κ2) is 2.83. The van der Waals surface area contributed by atoms with Crippen LogP contribution >= 0.6 is 11.8 Å². The Morgan fingerprint density at radius 3 is 3.17 bits per heavy atom. The number of thioether (sulfide) groups is 1. The van der Waals surface area contributed by atoms with E-state index in [4.69, 9.17) is 10.5 Å². The number of hydrogen-bond donors (Lipinski definition) is 1. The molecule has 1 fully saturated rings. The van der Waals surface area contributed by atoms with E-state index in [1.54, 1.807) is 0 Å². The molecule has 2 N–H and O–H groups in total. The summed E-state index contributed by atoms with van der Waals surface area (Å²) in [5, 5.41) is 0.548. The third kappa shape index (κ3) is 1.18. The molecule has 2 aliphatic heterocycles. The zero-order valence-corrected chi connectivity index (χ0v) is 8.06. The summed E-state index contributed by atoms with van der Waals surface area (Å²) in [6.45, 7) is 2.91. The number of ether oxygens (including phenoxy) is 1. The fourth-order valence-electron chi connectivity index (χ4n) is 1.82. The monoisotopic (exact) mass is 186 g/mol. The molecule has 12 heavy (non-hydrogen) atoms. The van der Waals surface area contributed by atoms with Crippen molar-refractivity contribution in [2.75, 3.05) is 12.4 Å². The zero-order chi connectivity index (χ0) is 8.60. The Hall–Kier alpha value is -0.380. The van der Waals surface area contributed by atoms with Gasteiger partial charge in [-0.3, -0.25) is 0 Å². The fraction of sp³-hybridized carbons (Fsp3) is 0.875. The highest BCUT2D eigenvalue weighted by Crippen LogP contribution is 2.39. The normalized spacial score (nSPS) is 41.1. The summed E-state index contributed by atoms with van der Waals surface area (Å²) < 4.78 is 5.23. The first-order valence-electron chi connectivity index (χ1n) is 4.33. The maximum absolute atomic E-state index is 5.52. The van der Waals surface area contributed by atoms with E-state index >= 15 is 0 Å². The standard InChI is InChI=1S/C8H14N2OS/c1-6-8(3-2-4-12-6)5-11-7(9)10-8/h6H,2-5H2,1H3,(H2,9,10). The maximum Gasteiger partial charge on any atom is 0.282 e. The van der Waals surface area contributed by atoms with Crippen LogP contribution in [0.4, 0.5) is 0 Å². The van der Waals surface area contributed by atoms with Crippen molar-refractivity contribution >= 4 is 17.8 Å². The lowest BCUT2D eigenvalue weighted by atomic mass is 9.92. The molecule has 0 bridgehead atoms. The van der Waals surface area contributed by atoms with Gasteiger partial charge in [0.25, 0.3) is 6.02 Å². The molecule has 0 aromatic rings. The van der Waals surface area contributed by atoms with Gasteiger partial charge < -0.3 is 10.5 Å². The third-order valence-corrected chi connectivity index (χ3v) is 4.14. The highest BCUT2D eigenvalue weighted by atomic mass is 32.2. The summed E-state index contributed by atoms with van der Waals surface area (Å²) in [7, 11) is 0. The lowest BCUT2D eigenvalue weighted by Gasteiger charge is -2.34. The molecular weight excluding hydrogens is 172 g/mol. The minimum atomic E-state index is 0.00694. The van der Waals surface area contributed by atoms with Crippen LogP contribution in [0.3, 0.4) is 0 Å². The molecule has 1 saturated heterocycles. The van der Waals surface area contributed by atoms with Gasteiger partial charge in [0.15, 0.2) is 0 Å². The van der Waals surface area contributed by atoms with Crippen LogP contribution in [0, 0.1) is 0 Å². The first-order valence-corrected chi connectivity index (χ1v) is 5.37. The Kier molecular flexibility index (Phi) is 1.94. The van der Waals surface area contributed by atoms with E-state index in [9.17, 15) is 0 Å². The zero-order valence-electron chi connectivity index (χ0n) is 7.25. The van der Waals surface area contributed by atoms with Gasteiger partial charge in [-0.25, -0.2) is 4.99 Å². The number of hydrogen-bond acceptors (Lipinski definition) is 4. The van der Waals surface area contributed by atoms with Crippen molar-refractivity contribution in [2.45, 2.75) is 30.6 Å². The largest absolute Gasteiger partial charge is 0.463 e. The van der Waals surface area contributed by atoms with E-state index in [0.717, 1.165) is 6.42 Å². The Morgan fingerprint density at radius 1 is 1.75 bits per heavy atom. The van der Waals surface area contributed by atoms with Crippen LogP contribution in [-0.2, 0) is 4.74 Å². The van der Waals surface area contributed by atoms with Crippen molar-refractivity contribution in [3.8, 4) is 0 Å². The molecule has 0 amide bonds. The van der Waals surface area contributed by atoms with Crippen molar-refractivity contribution in [3.63, 3.8) is 0 Å². The molecule has 0 aromatic carbocycles. The molecule has 2 aliphatic rings. The number of aliphatic imine (C=N–C) groups is 1. The highest BCUT2D eigenvalue weighted by Gasteiger charge is 2.43. The van der Waals surface area contributed by atoms with Crippen molar-refractivity contribution in [3.05, 3.63) is 0 Å². The van der Waals surface area contributed by atoms with Crippen molar-refractivity contribution in [2.24, 2.45) is 10.7 Å². The Bertz CT molecular complexity index is 219. The van der Waals surface area contributed by atoms with Crippen LogP contribution in [0.25, 0.3) is 0 Å². The van der Waals surface area contributed by atoms with Gasteiger partial charge in [0.2, 0.25) is 0 Å². The molecule has 3 nitrogen and oxygen atoms in total. The SMILES string of the molecule is CC1SCCCC12COC(N)=N2. The predicted octanol–water partition coefficient (Wildman–Crippen LogP) is 0.986. The quantitative estimate of drug-likeness (QED) is 0.613. The molecule has 4 heteroatoms. The minimum absolute atomic E-state index is 0.00694. The lowest BCUT2D eigenvalue weighted by Crippen LogP contribution is -2.41. The minimum Gasteiger partial charge on any atom is -0.463 e. The number of nitrogens with two attached hydrogens (primary N) is 1. The van der Waals surface area contributed by atoms with Gasteiger partial charge in [-0.1, -0.05) is 6.92 Å². The van der Waals surface area contributed by atoms with Crippen LogP contribution in [0.1, 0.15) is 19.8 Å². The molecule has 2 heterocycles. The van der Waals surface area contributed by atoms with Crippen LogP contribution in [0.15, 0.2) is 4.99 Å². The van der Waals surface area contributed by atoms with Crippen LogP contribution in [-0.4, -0.2) is 29.2 Å². The van der Waals surface area contributed by atoms with E-state index in [0.29, 0.717) is 17.9 Å². The van der Waals surface area contributed by atoms with Gasteiger partial charge in [0.05, 0.1) is 0 Å². The van der Waals surface area contributed by atoms with Crippen molar-refractivity contribution < 1.29 is 4.74 Å². The number of rotatable bonds is 0. The molecule has 1 spiro atoms. The van der Waals surface area contributed by atoms with Gasteiger partial charge in [-0.05, 0) is 18.6 Å². The second-order valence-electron chi connectivity index (χ2n) is 3.46. The average molecular weight is 186 g/mol. The van der Waals surface area contributed by atoms with Crippen LogP contribution < -0.4 is 5.73 Å². The Labute approximate surface area is 76.8 Å². The second-order valence-corrected chi connectivity index (χ2v) is 4.91. The summed E-state index contributed by atoms with van der Waals surface area (Å²) in [5.41, 5.74) is 5.53. The molecule has 0 saturated carbocycles. The number of nitrogens with zero attached hydrogens (tertiary/aromatic N) is 1. The smallest absolute Gasteiger partial charge is 0.282 e. The summed E-state index contributed by atoms with van der Waals surface area (Å²) in [5.74, 6) is 1.25. The summed E-state index contributed by atoms with van der Waals surface area (Å²) in [6, 6.07) is 0.379. The fourth-order valence-corrected chi connectivity index (χ4v) is 3.03. The van der Waals surface area contributed by atoms with Crippen molar-refractivity contribution in [1.82, 2.24) is 0 Å². The van der Waals surface area contributed by atoms with E-state index in [2.05, 4.69) is 11.9 Å². The Morgan fingerprint density at radius 2 is 2.58 bits per heavy atom. The van der Waals surface area contributed by atoms with Gasteiger partial charge in [-0.2, -0.15) is 11.8 Å². The van der Waals surface area contributed by atoms with Gasteiger partial charge >= 0.3 is 0 Å². The average Bonchev–Trinajstić information content (AvgIpc) is 2.41. The summed E-state index contributed by atoms with van der Waals surface area (Å²) >= 11 is 1.97. The topological polar surface area (TPSA) is 47.6 Å². The lowest BCUT2D eigenvalue weighted by molar-refractivity contribution is 0.237. The molecule has 0 aromatic heterocycles. The molecule has 68 valence electrons. The highest BCUT2D eigenvalue weighted by molar-refractivity contribution is 8.00. The first kappa shape index (κ1) is 8.23. The van der Waals surface area contributed by atoms with E-state index in [-0.39, 0.29) is 5.54 Å². The van der Waals surface area contributed by atoms with Crippen LogP contribution in [0.2, 0.25) is 0 Å². The molecule has 2 atom stereocenters. The van der Waals surface area contributed by atoms with E-state index in [1.807, 2.05) is 11.8 Å². The van der Waals surface area contributed by atoms with Gasteiger partial charge in [0.1, 0.15) is 12.1 Å². The van der Waals surface area contributed by atoms with E-state index in [1.165, 1.54) is 12.2 Å². The molecule has 0 aliphatic carbocycles. The predicted molar refractivity (Wildman–Crippen MR) is 51.5 cm³/mol. The Balaban J connectivity index is 2.18. The summed E-state index contributed by atoms with van der Waals surface area (Å²) in [6.07, 6.45) is 2.36. The third-order valence-electron chi connectivity index (χ3n) is 2.68. The van der Waals surface area contributed by atoms with Crippen molar-refractivity contribution in [1.29, 1.82) is 0 Å². The molecule has 2 unspecified atom stereocenters. The number of amidine groups is 1. The van der Waals surface area contributed by atoms with Crippen LogP contribution in [0.5, 0.6) is 0 Å². The summed E-state index contributed by atoms with van der Waals surface area (Å²) in [4.78, 5) is 4.41. The first-order chi connectivity index (χ1) is 5.73. The molecule has 2 rings (SSSR count). The maximum atomic E-state index is 5.52.